The molecule has 0 aliphatic carbocycles. The van der Waals surface area contributed by atoms with Gasteiger partial charge in [-0.1, -0.05) is 26.0 Å². The molecule has 0 radical (unpaired) electrons. The molecule has 2 aliphatic rings. The van der Waals surface area contributed by atoms with Crippen molar-refractivity contribution in [3.8, 4) is 11.8 Å². The molecule has 0 amide bonds. The minimum atomic E-state index is 0.235. The summed E-state index contributed by atoms with van der Waals surface area (Å²) < 4.78 is 8.45. The molecule has 0 unspecified atom stereocenters. The zero-order chi connectivity index (χ0) is 26.5. The number of fused-ring (bicyclic) bond motifs is 1. The number of benzene rings is 1. The van der Waals surface area contributed by atoms with Crippen molar-refractivity contribution < 1.29 is 4.74 Å². The molecule has 0 bridgehead atoms. The Labute approximate surface area is 226 Å². The Hall–Kier alpha value is -2.99. The van der Waals surface area contributed by atoms with Crippen molar-refractivity contribution in [2.45, 2.75) is 45.7 Å². The van der Waals surface area contributed by atoms with Gasteiger partial charge in [0.15, 0.2) is 0 Å². The van der Waals surface area contributed by atoms with E-state index in [0.717, 1.165) is 95.1 Å². The lowest BCUT2D eigenvalue weighted by molar-refractivity contribution is 0.133. The van der Waals surface area contributed by atoms with E-state index in [1.165, 1.54) is 11.3 Å². The van der Waals surface area contributed by atoms with Gasteiger partial charge in [-0.15, -0.1) is 0 Å². The van der Waals surface area contributed by atoms with E-state index in [0.29, 0.717) is 11.8 Å². The van der Waals surface area contributed by atoms with Crippen LogP contribution in [0.2, 0.25) is 0 Å². The van der Waals surface area contributed by atoms with E-state index in [4.69, 9.17) is 4.74 Å². The monoisotopic (exact) mass is 515 g/mol. The van der Waals surface area contributed by atoms with Crippen LogP contribution in [0.15, 0.2) is 36.5 Å². The van der Waals surface area contributed by atoms with E-state index in [1.54, 1.807) is 6.20 Å². The van der Waals surface area contributed by atoms with E-state index in [2.05, 4.69) is 86.5 Å². The number of nitriles is 1. The van der Waals surface area contributed by atoms with Crippen LogP contribution in [0.3, 0.4) is 0 Å². The maximum Gasteiger partial charge on any atom is 0.234 e. The standard InChI is InChI=1S/C30H41N7O/c1-23(2)21-37-27(17-26-20-32-29(19-31)33-30(26)37)22-36-9-7-24(8-10-36)25-5-4-6-28(18-25)38-16-15-35-13-11-34(3)12-14-35/h4-6,17-18,20,23-24H,7-16,21-22H2,1-3H3. The van der Waals surface area contributed by atoms with Gasteiger partial charge in [-0.3, -0.25) is 9.80 Å². The normalized spacial score (nSPS) is 18.3. The molecule has 0 N–H and O–H groups in total. The van der Waals surface area contributed by atoms with Gasteiger partial charge in [0.25, 0.3) is 0 Å². The Morgan fingerprint density at radius 1 is 1.05 bits per heavy atom. The van der Waals surface area contributed by atoms with Gasteiger partial charge in [0.2, 0.25) is 5.82 Å². The van der Waals surface area contributed by atoms with Crippen molar-refractivity contribution in [3.05, 3.63) is 53.6 Å². The highest BCUT2D eigenvalue weighted by Gasteiger charge is 2.23. The Balaban J connectivity index is 1.16. The fraction of sp³-hybridized carbons (Fsp3) is 0.567. The fourth-order valence-corrected chi connectivity index (χ4v) is 5.72. The molecule has 2 aromatic heterocycles. The third-order valence-corrected chi connectivity index (χ3v) is 7.94. The molecule has 8 nitrogen and oxygen atoms in total. The molecule has 2 saturated heterocycles. The van der Waals surface area contributed by atoms with Gasteiger partial charge in [0.05, 0.1) is 0 Å². The van der Waals surface area contributed by atoms with Gasteiger partial charge in [0.1, 0.15) is 24.1 Å². The van der Waals surface area contributed by atoms with Gasteiger partial charge < -0.3 is 14.2 Å². The molecular formula is C30H41N7O. The summed E-state index contributed by atoms with van der Waals surface area (Å²) in [6.07, 6.45) is 4.08. The quantitative estimate of drug-likeness (QED) is 0.427. The maximum absolute atomic E-state index is 9.27. The zero-order valence-electron chi connectivity index (χ0n) is 23.1. The summed E-state index contributed by atoms with van der Waals surface area (Å²) in [6, 6.07) is 13.1. The summed E-state index contributed by atoms with van der Waals surface area (Å²) in [5.74, 6) is 2.29. The lowest BCUT2D eigenvalue weighted by atomic mass is 9.89. The highest BCUT2D eigenvalue weighted by atomic mass is 16.5. The second-order valence-electron chi connectivity index (χ2n) is 11.3. The van der Waals surface area contributed by atoms with Crippen LogP contribution in [0.25, 0.3) is 11.0 Å². The number of hydrogen-bond acceptors (Lipinski definition) is 7. The smallest absolute Gasteiger partial charge is 0.234 e. The summed E-state index contributed by atoms with van der Waals surface area (Å²) in [7, 11) is 2.19. The number of likely N-dealkylation sites (N-methyl/N-ethyl adjacent to an activating group) is 1. The predicted molar refractivity (Wildman–Crippen MR) is 150 cm³/mol. The summed E-state index contributed by atoms with van der Waals surface area (Å²) in [5.41, 5.74) is 3.53. The molecule has 202 valence electrons. The van der Waals surface area contributed by atoms with Gasteiger partial charge in [0, 0.05) is 63.1 Å². The highest BCUT2D eigenvalue weighted by molar-refractivity contribution is 5.77. The van der Waals surface area contributed by atoms with Crippen LogP contribution in [0.4, 0.5) is 0 Å². The third kappa shape index (κ3) is 6.52. The van der Waals surface area contributed by atoms with E-state index in [-0.39, 0.29) is 5.82 Å². The van der Waals surface area contributed by atoms with Crippen molar-refractivity contribution in [1.29, 1.82) is 5.26 Å². The molecule has 0 atom stereocenters. The first-order valence-corrected chi connectivity index (χ1v) is 14.1. The average molecular weight is 516 g/mol. The van der Waals surface area contributed by atoms with Crippen LogP contribution in [0.5, 0.6) is 5.75 Å². The van der Waals surface area contributed by atoms with Crippen molar-refractivity contribution in [2.24, 2.45) is 5.92 Å². The molecule has 1 aromatic carbocycles. The van der Waals surface area contributed by atoms with Gasteiger partial charge in [-0.2, -0.15) is 5.26 Å². The summed E-state index contributed by atoms with van der Waals surface area (Å²) in [5, 5.41) is 10.3. The summed E-state index contributed by atoms with van der Waals surface area (Å²) in [6.45, 7) is 14.6. The average Bonchev–Trinajstić information content (AvgIpc) is 3.25. The number of rotatable bonds is 9. The van der Waals surface area contributed by atoms with Crippen LogP contribution in [0, 0.1) is 17.2 Å². The molecular weight excluding hydrogens is 474 g/mol. The molecule has 8 heteroatoms. The van der Waals surface area contributed by atoms with Crippen LogP contribution in [-0.4, -0.2) is 88.7 Å². The van der Waals surface area contributed by atoms with Crippen molar-refractivity contribution in [1.82, 2.24) is 29.2 Å². The van der Waals surface area contributed by atoms with E-state index >= 15 is 0 Å². The lowest BCUT2D eigenvalue weighted by Gasteiger charge is -2.33. The first-order valence-electron chi connectivity index (χ1n) is 14.1. The Morgan fingerprint density at radius 3 is 2.58 bits per heavy atom. The van der Waals surface area contributed by atoms with Gasteiger partial charge in [-0.05, 0) is 68.6 Å². The van der Waals surface area contributed by atoms with Gasteiger partial charge >= 0.3 is 0 Å². The molecule has 38 heavy (non-hydrogen) atoms. The topological polar surface area (TPSA) is 73.5 Å². The first-order chi connectivity index (χ1) is 18.5. The van der Waals surface area contributed by atoms with Crippen molar-refractivity contribution in [3.63, 3.8) is 0 Å². The molecule has 0 spiro atoms. The highest BCUT2D eigenvalue weighted by Crippen LogP contribution is 2.31. The fourth-order valence-electron chi connectivity index (χ4n) is 5.72. The number of piperazine rings is 1. The van der Waals surface area contributed by atoms with Crippen LogP contribution < -0.4 is 4.74 Å². The Kier molecular flexibility index (Phi) is 8.58. The second kappa shape index (κ2) is 12.2. The molecule has 2 fully saturated rings. The summed E-state index contributed by atoms with van der Waals surface area (Å²) >= 11 is 0. The third-order valence-electron chi connectivity index (χ3n) is 7.94. The second-order valence-corrected chi connectivity index (χ2v) is 11.3. The van der Waals surface area contributed by atoms with Crippen molar-refractivity contribution in [2.75, 3.05) is 59.5 Å². The first kappa shape index (κ1) is 26.6. The number of nitrogens with zero attached hydrogens (tertiary/aromatic N) is 7. The van der Waals surface area contributed by atoms with Gasteiger partial charge in [-0.25, -0.2) is 9.97 Å². The molecule has 5 rings (SSSR count). The summed E-state index contributed by atoms with van der Waals surface area (Å²) in [4.78, 5) is 16.1. The van der Waals surface area contributed by atoms with Crippen molar-refractivity contribution >= 4 is 11.0 Å². The van der Waals surface area contributed by atoms with E-state index in [9.17, 15) is 5.26 Å². The van der Waals surface area contributed by atoms with E-state index < -0.39 is 0 Å². The number of hydrogen-bond donors (Lipinski definition) is 0. The number of ether oxygens (including phenoxy) is 1. The minimum absolute atomic E-state index is 0.235. The minimum Gasteiger partial charge on any atom is -0.492 e. The molecule has 2 aliphatic heterocycles. The lowest BCUT2D eigenvalue weighted by Crippen LogP contribution is -2.45. The number of aromatic nitrogens is 3. The predicted octanol–water partition coefficient (Wildman–Crippen LogP) is 3.96. The van der Waals surface area contributed by atoms with Crippen LogP contribution in [-0.2, 0) is 13.1 Å². The Bertz CT molecular complexity index is 1250. The maximum atomic E-state index is 9.27. The molecule has 3 aromatic rings. The molecule has 4 heterocycles. The van der Waals surface area contributed by atoms with Crippen LogP contribution >= 0.6 is 0 Å². The largest absolute Gasteiger partial charge is 0.492 e. The number of likely N-dealkylation sites (tertiary alicyclic amines) is 1. The molecule has 0 saturated carbocycles. The zero-order valence-corrected chi connectivity index (χ0v) is 23.1. The van der Waals surface area contributed by atoms with E-state index in [1.807, 2.05) is 0 Å². The SMILES string of the molecule is CC(C)Cn1c(CN2CCC(c3cccc(OCCN4CCN(C)CC4)c3)CC2)cc2cnc(C#N)nc21. The van der Waals surface area contributed by atoms with Crippen LogP contribution in [0.1, 0.15) is 49.7 Å². The number of piperidine rings is 1. The Morgan fingerprint density at radius 2 is 1.84 bits per heavy atom.